The van der Waals surface area contributed by atoms with Crippen molar-refractivity contribution in [2.75, 3.05) is 49.2 Å². The van der Waals surface area contributed by atoms with E-state index in [0.717, 1.165) is 31.9 Å². The van der Waals surface area contributed by atoms with Gasteiger partial charge in [0, 0.05) is 37.4 Å². The van der Waals surface area contributed by atoms with Gasteiger partial charge in [-0.2, -0.15) is 15.4 Å². The maximum absolute atomic E-state index is 13.3. The third-order valence-corrected chi connectivity index (χ3v) is 6.33. The molecule has 1 aromatic heterocycles. The molecule has 3 aromatic rings. The Morgan fingerprint density at radius 1 is 1.26 bits per heavy atom. The molecule has 2 aromatic carbocycles. The van der Waals surface area contributed by atoms with Gasteiger partial charge >= 0.3 is 0 Å². The molecule has 2 heterocycles. The molecule has 1 atom stereocenters. The van der Waals surface area contributed by atoms with Crippen molar-refractivity contribution in [3.8, 4) is 0 Å². The van der Waals surface area contributed by atoms with Crippen LogP contribution in [0, 0.1) is 6.92 Å². The van der Waals surface area contributed by atoms with E-state index in [-0.39, 0.29) is 11.5 Å². The van der Waals surface area contributed by atoms with Crippen molar-refractivity contribution in [2.45, 2.75) is 13.0 Å². The van der Waals surface area contributed by atoms with Gasteiger partial charge in [-0.3, -0.25) is 9.59 Å². The molecular formula is C23H26ClN7O3. The van der Waals surface area contributed by atoms with E-state index >= 15 is 0 Å². The van der Waals surface area contributed by atoms with Crippen molar-refractivity contribution < 1.29 is 14.3 Å². The predicted molar refractivity (Wildman–Crippen MR) is 130 cm³/mol. The summed E-state index contributed by atoms with van der Waals surface area (Å²) in [6, 6.07) is 8.81. The first-order valence-corrected chi connectivity index (χ1v) is 11.1. The molecule has 0 aliphatic carbocycles. The molecule has 4 N–H and O–H groups in total. The Bertz CT molecular complexity index is 1180. The highest BCUT2D eigenvalue weighted by Crippen LogP contribution is 2.34. The molecule has 1 amide bonds. The number of ether oxygens (including phenoxy) is 1. The minimum Gasteiger partial charge on any atom is -0.453 e. The molecule has 11 heteroatoms. The Hall–Kier alpha value is -3.63. The number of nitrogens with zero attached hydrogens (tertiary/aromatic N) is 4. The van der Waals surface area contributed by atoms with Crippen LogP contribution in [-0.2, 0) is 9.53 Å². The second kappa shape index (κ2) is 10.1. The summed E-state index contributed by atoms with van der Waals surface area (Å²) in [7, 11) is 2.08. The minimum absolute atomic E-state index is 0.283. The van der Waals surface area contributed by atoms with Crippen LogP contribution in [-0.4, -0.2) is 65.9 Å². The molecule has 0 spiro atoms. The SMILES string of the molecule is Cc1cc(N)cc(C(=O)Nc2cc(C(OC=O)c3cn[nH]n3)ccc2N2CCN(C)CC2)c1Cl. The van der Waals surface area contributed by atoms with Crippen LogP contribution in [0.25, 0.3) is 0 Å². The molecular weight excluding hydrogens is 458 g/mol. The summed E-state index contributed by atoms with van der Waals surface area (Å²) in [4.78, 5) is 28.9. The van der Waals surface area contributed by atoms with E-state index in [1.165, 1.54) is 6.20 Å². The summed E-state index contributed by atoms with van der Waals surface area (Å²) in [6.45, 7) is 5.55. The molecule has 10 nitrogen and oxygen atoms in total. The van der Waals surface area contributed by atoms with Gasteiger partial charge in [0.25, 0.3) is 12.4 Å². The van der Waals surface area contributed by atoms with Crippen molar-refractivity contribution in [3.05, 3.63) is 63.9 Å². The average Bonchev–Trinajstić information content (AvgIpc) is 3.35. The highest BCUT2D eigenvalue weighted by Gasteiger charge is 2.24. The van der Waals surface area contributed by atoms with Gasteiger partial charge in [0.2, 0.25) is 0 Å². The number of nitrogens with two attached hydrogens (primary N) is 1. The van der Waals surface area contributed by atoms with Gasteiger partial charge in [-0.25, -0.2) is 0 Å². The predicted octanol–water partition coefficient (Wildman–Crippen LogP) is 2.62. The van der Waals surface area contributed by atoms with Gasteiger partial charge < -0.3 is 25.6 Å². The number of aryl methyl sites for hydroxylation is 1. The highest BCUT2D eigenvalue weighted by atomic mass is 35.5. The molecule has 1 aliphatic rings. The maximum Gasteiger partial charge on any atom is 0.294 e. The highest BCUT2D eigenvalue weighted by molar-refractivity contribution is 6.35. The number of carbonyl (C=O) groups is 2. The molecule has 0 radical (unpaired) electrons. The number of H-pyrrole nitrogens is 1. The number of benzene rings is 2. The quantitative estimate of drug-likeness (QED) is 0.345. The summed E-state index contributed by atoms with van der Waals surface area (Å²) in [5.41, 5.74) is 9.88. The first-order valence-electron chi connectivity index (χ1n) is 10.8. The molecule has 0 saturated carbocycles. The summed E-state index contributed by atoms with van der Waals surface area (Å²) in [5.74, 6) is -0.387. The van der Waals surface area contributed by atoms with Crippen molar-refractivity contribution in [1.29, 1.82) is 0 Å². The van der Waals surface area contributed by atoms with Crippen LogP contribution in [0.15, 0.2) is 36.5 Å². The van der Waals surface area contributed by atoms with Crippen molar-refractivity contribution in [2.24, 2.45) is 0 Å². The normalized spacial score (nSPS) is 15.1. The summed E-state index contributed by atoms with van der Waals surface area (Å²) in [5, 5.41) is 13.7. The summed E-state index contributed by atoms with van der Waals surface area (Å²) < 4.78 is 5.29. The lowest BCUT2D eigenvalue weighted by atomic mass is 10.0. The van der Waals surface area contributed by atoms with Crippen molar-refractivity contribution >= 4 is 41.0 Å². The lowest BCUT2D eigenvalue weighted by molar-refractivity contribution is -0.132. The third-order valence-electron chi connectivity index (χ3n) is 5.83. The van der Waals surface area contributed by atoms with E-state index in [0.29, 0.717) is 39.7 Å². The van der Waals surface area contributed by atoms with Crippen LogP contribution in [0.3, 0.4) is 0 Å². The first kappa shape index (κ1) is 23.5. The molecule has 1 unspecified atom stereocenters. The van der Waals surface area contributed by atoms with E-state index < -0.39 is 6.10 Å². The van der Waals surface area contributed by atoms with Crippen molar-refractivity contribution in [1.82, 2.24) is 20.3 Å². The van der Waals surface area contributed by atoms with Gasteiger partial charge in [-0.1, -0.05) is 17.7 Å². The number of halogens is 1. The Balaban J connectivity index is 1.73. The van der Waals surface area contributed by atoms with Crippen LogP contribution in [0.5, 0.6) is 0 Å². The molecule has 1 fully saturated rings. The fourth-order valence-corrected chi connectivity index (χ4v) is 4.20. The monoisotopic (exact) mass is 483 g/mol. The Kier molecular flexibility index (Phi) is 6.99. The average molecular weight is 484 g/mol. The second-order valence-corrected chi connectivity index (χ2v) is 8.61. The second-order valence-electron chi connectivity index (χ2n) is 8.23. The molecule has 4 rings (SSSR count). The van der Waals surface area contributed by atoms with Gasteiger partial charge in [0.05, 0.1) is 28.2 Å². The smallest absolute Gasteiger partial charge is 0.294 e. The standard InChI is InChI=1S/C23H26ClN7O3/c1-14-9-16(25)11-17(21(14)24)23(33)27-18-10-15(22(34-13-32)19-12-26-29-28-19)3-4-20(18)31-7-5-30(2)6-8-31/h3-4,9-13,22H,5-8,25H2,1-2H3,(H,27,33)(H,26,28,29). The maximum atomic E-state index is 13.3. The molecule has 0 bridgehead atoms. The number of aromatic amines is 1. The van der Waals surface area contributed by atoms with E-state index in [1.54, 1.807) is 25.1 Å². The summed E-state index contributed by atoms with van der Waals surface area (Å²) >= 11 is 6.41. The fourth-order valence-electron chi connectivity index (χ4n) is 4.00. The van der Waals surface area contributed by atoms with Crippen LogP contribution < -0.4 is 16.0 Å². The number of hydrogen-bond acceptors (Lipinski definition) is 8. The lowest BCUT2D eigenvalue weighted by Gasteiger charge is -2.35. The number of aromatic nitrogens is 3. The fraction of sp³-hybridized carbons (Fsp3) is 0.304. The number of carbonyl (C=O) groups excluding carboxylic acids is 2. The first-order chi connectivity index (χ1) is 16.4. The van der Waals surface area contributed by atoms with Crippen LogP contribution >= 0.6 is 11.6 Å². The van der Waals surface area contributed by atoms with E-state index in [2.05, 4.69) is 37.6 Å². The molecule has 1 saturated heterocycles. The summed E-state index contributed by atoms with van der Waals surface area (Å²) in [6.07, 6.45) is 0.697. The molecule has 1 aliphatic heterocycles. The number of nitrogen functional groups attached to an aromatic ring is 1. The lowest BCUT2D eigenvalue weighted by Crippen LogP contribution is -2.44. The van der Waals surface area contributed by atoms with Crippen LogP contribution in [0.4, 0.5) is 17.1 Å². The zero-order valence-corrected chi connectivity index (χ0v) is 19.7. The minimum atomic E-state index is -0.786. The van der Waals surface area contributed by atoms with Gasteiger partial charge in [-0.15, -0.1) is 0 Å². The number of piperazine rings is 1. The number of anilines is 3. The number of amides is 1. The Labute approximate surface area is 202 Å². The Morgan fingerprint density at radius 2 is 2.03 bits per heavy atom. The van der Waals surface area contributed by atoms with E-state index in [9.17, 15) is 9.59 Å². The van der Waals surface area contributed by atoms with Crippen LogP contribution in [0.2, 0.25) is 5.02 Å². The number of likely N-dealkylation sites (N-methyl/N-ethyl adjacent to an activating group) is 1. The van der Waals surface area contributed by atoms with Crippen LogP contribution in [0.1, 0.15) is 33.3 Å². The number of nitrogens with one attached hydrogen (secondary N) is 2. The van der Waals surface area contributed by atoms with Crippen molar-refractivity contribution in [3.63, 3.8) is 0 Å². The largest absolute Gasteiger partial charge is 0.453 e. The topological polar surface area (TPSA) is 129 Å². The third kappa shape index (κ3) is 4.97. The molecule has 178 valence electrons. The Morgan fingerprint density at radius 3 is 2.71 bits per heavy atom. The molecule has 34 heavy (non-hydrogen) atoms. The van der Waals surface area contributed by atoms with Gasteiger partial charge in [0.15, 0.2) is 6.10 Å². The number of hydrogen-bond donors (Lipinski definition) is 3. The van der Waals surface area contributed by atoms with E-state index in [1.807, 2.05) is 12.1 Å². The van der Waals surface area contributed by atoms with Gasteiger partial charge in [-0.05, 0) is 43.8 Å². The number of rotatable bonds is 7. The zero-order chi connectivity index (χ0) is 24.2. The van der Waals surface area contributed by atoms with Gasteiger partial charge in [0.1, 0.15) is 5.69 Å². The van der Waals surface area contributed by atoms with E-state index in [4.69, 9.17) is 22.1 Å². The zero-order valence-electron chi connectivity index (χ0n) is 18.9.